The molecule has 4 rings (SSSR count). The van der Waals surface area contributed by atoms with Crippen molar-refractivity contribution < 1.29 is 9.90 Å². The number of benzene rings is 1. The molecule has 0 aliphatic carbocycles. The zero-order valence-electron chi connectivity index (χ0n) is 15.0. The molecule has 3 heterocycles. The molecule has 0 unspecified atom stereocenters. The summed E-state index contributed by atoms with van der Waals surface area (Å²) in [4.78, 5) is 18.5. The van der Waals surface area contributed by atoms with Gasteiger partial charge in [0.15, 0.2) is 0 Å². The zero-order chi connectivity index (χ0) is 18.1. The summed E-state index contributed by atoms with van der Waals surface area (Å²) < 4.78 is 2.10. The third kappa shape index (κ3) is 3.39. The van der Waals surface area contributed by atoms with Crippen molar-refractivity contribution in [2.75, 3.05) is 13.1 Å². The highest BCUT2D eigenvalue weighted by Gasteiger charge is 2.26. The fourth-order valence-electron chi connectivity index (χ4n) is 4.25. The fraction of sp³-hybridized carbons (Fsp3) is 0.500. The van der Waals surface area contributed by atoms with Crippen LogP contribution in [0.15, 0.2) is 24.3 Å². The molecular formula is C20H26N4O2. The van der Waals surface area contributed by atoms with Crippen LogP contribution < -0.4 is 5.73 Å². The van der Waals surface area contributed by atoms with E-state index in [0.717, 1.165) is 56.8 Å². The summed E-state index contributed by atoms with van der Waals surface area (Å²) in [7, 11) is 0. The van der Waals surface area contributed by atoms with Crippen molar-refractivity contribution in [2.45, 2.75) is 51.3 Å². The third-order valence-electron chi connectivity index (χ3n) is 5.52. The maximum absolute atomic E-state index is 11.8. The Hall–Kier alpha value is -2.18. The van der Waals surface area contributed by atoms with E-state index < -0.39 is 12.0 Å². The van der Waals surface area contributed by atoms with Crippen molar-refractivity contribution in [1.82, 2.24) is 14.5 Å². The summed E-state index contributed by atoms with van der Waals surface area (Å²) >= 11 is 0. The number of fused-ring (bicyclic) bond motifs is 2. The van der Waals surface area contributed by atoms with Gasteiger partial charge in [-0.05, 0) is 30.4 Å². The lowest BCUT2D eigenvalue weighted by atomic mass is 9.99. The topological polar surface area (TPSA) is 84.4 Å². The molecule has 0 radical (unpaired) electrons. The Morgan fingerprint density at radius 1 is 1.19 bits per heavy atom. The first-order valence-corrected chi connectivity index (χ1v) is 9.47. The van der Waals surface area contributed by atoms with E-state index >= 15 is 0 Å². The molecule has 2 aliphatic rings. The van der Waals surface area contributed by atoms with Crippen LogP contribution in [0.3, 0.4) is 0 Å². The van der Waals surface area contributed by atoms with Crippen molar-refractivity contribution in [2.24, 2.45) is 5.73 Å². The van der Waals surface area contributed by atoms with E-state index in [1.807, 2.05) is 0 Å². The molecule has 0 saturated heterocycles. The number of aryl methyl sites for hydroxylation is 1. The summed E-state index contributed by atoms with van der Waals surface area (Å²) in [5.41, 5.74) is 9.41. The Balaban J connectivity index is 1.46. The van der Waals surface area contributed by atoms with Gasteiger partial charge in [0.1, 0.15) is 11.5 Å². The van der Waals surface area contributed by atoms with Crippen molar-refractivity contribution in [3.05, 3.63) is 52.6 Å². The Morgan fingerprint density at radius 2 is 2.00 bits per heavy atom. The van der Waals surface area contributed by atoms with Gasteiger partial charge in [-0.2, -0.15) is 0 Å². The maximum Gasteiger partial charge on any atom is 0.269 e. The number of aliphatic hydroxyl groups excluding tert-OH is 1. The van der Waals surface area contributed by atoms with Gasteiger partial charge in [-0.1, -0.05) is 24.3 Å². The predicted molar refractivity (Wildman–Crippen MR) is 98.8 cm³/mol. The monoisotopic (exact) mass is 354 g/mol. The summed E-state index contributed by atoms with van der Waals surface area (Å²) in [6.07, 6.45) is 3.93. The lowest BCUT2D eigenvalue weighted by Gasteiger charge is -2.30. The summed E-state index contributed by atoms with van der Waals surface area (Å²) in [5, 5.41) is 10.7. The number of carbonyl (C=O) groups is 1. The molecule has 6 heteroatoms. The molecule has 2 aliphatic heterocycles. The number of nitrogens with two attached hydrogens (primary N) is 1. The molecule has 1 aromatic carbocycles. The molecule has 0 spiro atoms. The highest BCUT2D eigenvalue weighted by atomic mass is 16.3. The third-order valence-corrected chi connectivity index (χ3v) is 5.52. The van der Waals surface area contributed by atoms with Gasteiger partial charge in [-0.3, -0.25) is 9.69 Å². The highest BCUT2D eigenvalue weighted by molar-refractivity contribution is 5.92. The average Bonchev–Trinajstić information content (AvgIpc) is 3.00. The first-order chi connectivity index (χ1) is 12.6. The van der Waals surface area contributed by atoms with Crippen LogP contribution in [0.1, 0.15) is 46.0 Å². The van der Waals surface area contributed by atoms with E-state index in [1.165, 1.54) is 11.1 Å². The summed E-state index contributed by atoms with van der Waals surface area (Å²) in [5.74, 6) is 0.431. The molecule has 2 aromatic rings. The molecule has 26 heavy (non-hydrogen) atoms. The number of nitrogens with zero attached hydrogens (tertiary/aromatic N) is 3. The molecule has 1 aromatic heterocycles. The number of amides is 1. The Kier molecular flexibility index (Phi) is 4.78. The fourth-order valence-corrected chi connectivity index (χ4v) is 4.25. The first kappa shape index (κ1) is 17.2. The summed E-state index contributed by atoms with van der Waals surface area (Å²) in [6.45, 7) is 3.25. The Morgan fingerprint density at radius 3 is 2.81 bits per heavy atom. The molecule has 0 saturated carbocycles. The second kappa shape index (κ2) is 7.21. The van der Waals surface area contributed by atoms with E-state index in [0.29, 0.717) is 18.7 Å². The number of primary amides is 1. The van der Waals surface area contributed by atoms with Gasteiger partial charge in [0, 0.05) is 39.0 Å². The van der Waals surface area contributed by atoms with Crippen molar-refractivity contribution >= 4 is 5.91 Å². The van der Waals surface area contributed by atoms with Crippen molar-refractivity contribution in [1.29, 1.82) is 0 Å². The van der Waals surface area contributed by atoms with E-state index in [-0.39, 0.29) is 0 Å². The summed E-state index contributed by atoms with van der Waals surface area (Å²) in [6, 6.07) is 8.49. The van der Waals surface area contributed by atoms with Crippen LogP contribution in [0.2, 0.25) is 0 Å². The number of carbonyl (C=O) groups excluding carboxylic acids is 1. The number of hydrogen-bond acceptors (Lipinski definition) is 4. The van der Waals surface area contributed by atoms with Gasteiger partial charge in [-0.25, -0.2) is 4.98 Å². The average molecular weight is 354 g/mol. The standard InChI is InChI=1S/C20H26N4O2/c21-20(26)19-17(24-9-4-3-7-18(24)22-19)11-16(25)13-23-10-8-14-5-1-2-6-15(14)12-23/h1-2,5-6,16,25H,3-4,7-13H2,(H2,21,26)/t16-/m0/s1. The van der Waals surface area contributed by atoms with E-state index in [4.69, 9.17) is 5.73 Å². The first-order valence-electron chi connectivity index (χ1n) is 9.47. The number of aromatic nitrogens is 2. The zero-order valence-corrected chi connectivity index (χ0v) is 15.0. The molecule has 1 atom stereocenters. The molecule has 3 N–H and O–H groups in total. The Bertz CT molecular complexity index is 814. The molecule has 6 nitrogen and oxygen atoms in total. The second-order valence-corrected chi connectivity index (χ2v) is 7.41. The molecule has 0 bridgehead atoms. The van der Waals surface area contributed by atoms with E-state index in [2.05, 4.69) is 38.7 Å². The van der Waals surface area contributed by atoms with Crippen LogP contribution >= 0.6 is 0 Å². The quantitative estimate of drug-likeness (QED) is 0.847. The number of aliphatic hydroxyl groups is 1. The minimum atomic E-state index is -0.541. The van der Waals surface area contributed by atoms with Crippen LogP contribution in [-0.4, -0.2) is 44.7 Å². The number of hydrogen-bond donors (Lipinski definition) is 2. The number of rotatable bonds is 5. The molecular weight excluding hydrogens is 328 g/mol. The SMILES string of the molecule is NC(=O)c1nc2n(c1C[C@H](O)CN1CCc3ccccc3C1)CCCC2. The normalized spacial score (nSPS) is 18.2. The van der Waals surface area contributed by atoms with Crippen LogP contribution in [0, 0.1) is 0 Å². The maximum atomic E-state index is 11.8. The van der Waals surface area contributed by atoms with Crippen molar-refractivity contribution in [3.63, 3.8) is 0 Å². The van der Waals surface area contributed by atoms with E-state index in [1.54, 1.807) is 0 Å². The lowest BCUT2D eigenvalue weighted by Crippen LogP contribution is -2.38. The van der Waals surface area contributed by atoms with Gasteiger partial charge >= 0.3 is 0 Å². The highest BCUT2D eigenvalue weighted by Crippen LogP contribution is 2.22. The molecule has 1 amide bonds. The second-order valence-electron chi connectivity index (χ2n) is 7.41. The van der Waals surface area contributed by atoms with Gasteiger partial charge in [0.2, 0.25) is 0 Å². The predicted octanol–water partition coefficient (Wildman–Crippen LogP) is 1.28. The van der Waals surface area contributed by atoms with Crippen LogP contribution in [0.4, 0.5) is 0 Å². The minimum absolute atomic E-state index is 0.338. The van der Waals surface area contributed by atoms with Crippen molar-refractivity contribution in [3.8, 4) is 0 Å². The van der Waals surface area contributed by atoms with Gasteiger partial charge in [-0.15, -0.1) is 0 Å². The minimum Gasteiger partial charge on any atom is -0.391 e. The van der Waals surface area contributed by atoms with Gasteiger partial charge in [0.05, 0.1) is 11.8 Å². The van der Waals surface area contributed by atoms with Gasteiger partial charge in [0.25, 0.3) is 5.91 Å². The molecule has 0 fully saturated rings. The number of imidazole rings is 1. The Labute approximate surface area is 153 Å². The smallest absolute Gasteiger partial charge is 0.269 e. The van der Waals surface area contributed by atoms with Gasteiger partial charge < -0.3 is 15.4 Å². The van der Waals surface area contributed by atoms with Crippen LogP contribution in [-0.2, 0) is 32.4 Å². The number of β-amino-alcohol motifs (C(OH)–C–C–N with tert-alkyl or cyclic N) is 1. The lowest BCUT2D eigenvalue weighted by molar-refractivity contribution is 0.0981. The largest absolute Gasteiger partial charge is 0.391 e. The molecule has 138 valence electrons. The van der Waals surface area contributed by atoms with Crippen LogP contribution in [0.25, 0.3) is 0 Å². The van der Waals surface area contributed by atoms with E-state index in [9.17, 15) is 9.90 Å². The van der Waals surface area contributed by atoms with Crippen LogP contribution in [0.5, 0.6) is 0 Å².